The molecule has 6 N–H and O–H groups in total. The first-order chi connectivity index (χ1) is 9.81. The fourth-order valence-electron chi connectivity index (χ4n) is 0.691. The SMILES string of the molecule is O=C(O)CCCO.O=C(O)CCCO.O=C(O)CCCO. The first-order valence-corrected chi connectivity index (χ1v) is 6.29. The summed E-state index contributed by atoms with van der Waals surface area (Å²) in [6.07, 6.45) is 1.27. The van der Waals surface area contributed by atoms with Crippen LogP contribution in [0, 0.1) is 0 Å². The molecule has 0 amide bonds. The summed E-state index contributed by atoms with van der Waals surface area (Å²) >= 11 is 0. The number of hydrogen-bond acceptors (Lipinski definition) is 6. The van der Waals surface area contributed by atoms with E-state index in [1.165, 1.54) is 0 Å². The van der Waals surface area contributed by atoms with Gasteiger partial charge in [-0.15, -0.1) is 0 Å². The third kappa shape index (κ3) is 45.8. The minimum Gasteiger partial charge on any atom is -0.481 e. The van der Waals surface area contributed by atoms with E-state index < -0.39 is 17.9 Å². The molecule has 9 heteroatoms. The molecule has 0 aromatic heterocycles. The van der Waals surface area contributed by atoms with Gasteiger partial charge < -0.3 is 30.6 Å². The molecule has 0 aliphatic rings. The quantitative estimate of drug-likeness (QED) is 0.329. The van der Waals surface area contributed by atoms with Crippen LogP contribution in [0.3, 0.4) is 0 Å². The molecule has 0 rings (SSSR count). The molecule has 0 atom stereocenters. The van der Waals surface area contributed by atoms with Crippen molar-refractivity contribution in [2.45, 2.75) is 38.5 Å². The van der Waals surface area contributed by atoms with Crippen molar-refractivity contribution in [1.29, 1.82) is 0 Å². The van der Waals surface area contributed by atoms with Crippen molar-refractivity contribution < 1.29 is 45.0 Å². The van der Waals surface area contributed by atoms with E-state index in [1.807, 2.05) is 0 Å². The van der Waals surface area contributed by atoms with Crippen LogP contribution in [0.1, 0.15) is 38.5 Å². The molecule has 0 heterocycles. The fraction of sp³-hybridized carbons (Fsp3) is 0.750. The van der Waals surface area contributed by atoms with Crippen molar-refractivity contribution >= 4 is 17.9 Å². The van der Waals surface area contributed by atoms with Gasteiger partial charge in [-0.2, -0.15) is 0 Å². The number of rotatable bonds is 9. The molecule has 0 spiro atoms. The van der Waals surface area contributed by atoms with E-state index in [0.717, 1.165) is 0 Å². The van der Waals surface area contributed by atoms with Gasteiger partial charge in [0.15, 0.2) is 0 Å². The Balaban J connectivity index is -0.000000231. The van der Waals surface area contributed by atoms with E-state index in [4.69, 9.17) is 30.6 Å². The van der Waals surface area contributed by atoms with Gasteiger partial charge in [-0.05, 0) is 19.3 Å². The highest BCUT2D eigenvalue weighted by Gasteiger charge is 1.92. The van der Waals surface area contributed by atoms with Crippen LogP contribution in [0.25, 0.3) is 0 Å². The molecule has 126 valence electrons. The van der Waals surface area contributed by atoms with E-state index >= 15 is 0 Å². The standard InChI is InChI=1S/3C4H8O3/c3*5-3-1-2-4(6)7/h3*5H,1-3H2,(H,6,7). The maximum absolute atomic E-state index is 9.65. The molecule has 21 heavy (non-hydrogen) atoms. The average Bonchev–Trinajstić information content (AvgIpc) is 2.41. The number of carboxylic acids is 3. The summed E-state index contributed by atoms with van der Waals surface area (Å²) in [4.78, 5) is 28.9. The van der Waals surface area contributed by atoms with E-state index in [-0.39, 0.29) is 39.1 Å². The third-order valence-electron chi connectivity index (χ3n) is 1.65. The second-order valence-corrected chi connectivity index (χ2v) is 3.66. The molecular formula is C12H24O9. The summed E-state index contributed by atoms with van der Waals surface area (Å²) in [6, 6.07) is 0. The zero-order valence-electron chi connectivity index (χ0n) is 11.8. The highest BCUT2D eigenvalue weighted by atomic mass is 16.4. The van der Waals surface area contributed by atoms with Crippen LogP contribution in [0.15, 0.2) is 0 Å². The first kappa shape index (κ1) is 24.3. The zero-order valence-corrected chi connectivity index (χ0v) is 11.8. The largest absolute Gasteiger partial charge is 0.481 e. The summed E-state index contributed by atoms with van der Waals surface area (Å²) in [5.74, 6) is -2.56. The van der Waals surface area contributed by atoms with Gasteiger partial charge in [0.2, 0.25) is 0 Å². The molecular weight excluding hydrogens is 288 g/mol. The van der Waals surface area contributed by atoms with Gasteiger partial charge in [0.05, 0.1) is 0 Å². The smallest absolute Gasteiger partial charge is 0.303 e. The minimum atomic E-state index is -0.853. The van der Waals surface area contributed by atoms with E-state index in [1.54, 1.807) is 0 Å². The Morgan fingerprint density at radius 3 is 0.762 bits per heavy atom. The molecule has 0 aliphatic carbocycles. The Kier molecular flexibility index (Phi) is 23.9. The second-order valence-electron chi connectivity index (χ2n) is 3.66. The molecule has 0 radical (unpaired) electrons. The molecule has 0 aromatic rings. The van der Waals surface area contributed by atoms with Gasteiger partial charge in [-0.1, -0.05) is 0 Å². The minimum absolute atomic E-state index is 0.0354. The monoisotopic (exact) mass is 312 g/mol. The second kappa shape index (κ2) is 20.6. The van der Waals surface area contributed by atoms with Crippen LogP contribution in [-0.4, -0.2) is 68.4 Å². The molecule has 9 nitrogen and oxygen atoms in total. The Bertz CT molecular complexity index is 223. The van der Waals surface area contributed by atoms with Crippen molar-refractivity contribution in [3.05, 3.63) is 0 Å². The van der Waals surface area contributed by atoms with Gasteiger partial charge in [0.25, 0.3) is 0 Å². The number of aliphatic hydroxyl groups is 3. The normalized spacial score (nSPS) is 8.71. The molecule has 0 aromatic carbocycles. The predicted molar refractivity (Wildman–Crippen MR) is 71.9 cm³/mol. The highest BCUT2D eigenvalue weighted by Crippen LogP contribution is 1.84. The summed E-state index contributed by atoms with van der Waals surface area (Å²) < 4.78 is 0. The van der Waals surface area contributed by atoms with Crippen molar-refractivity contribution in [2.75, 3.05) is 19.8 Å². The fourth-order valence-corrected chi connectivity index (χ4v) is 0.691. The average molecular weight is 312 g/mol. The Morgan fingerprint density at radius 1 is 0.524 bits per heavy atom. The van der Waals surface area contributed by atoms with E-state index in [9.17, 15) is 14.4 Å². The summed E-state index contributed by atoms with van der Waals surface area (Å²) in [5, 5.41) is 48.0. The molecule has 0 saturated carbocycles. The first-order valence-electron chi connectivity index (χ1n) is 6.29. The van der Waals surface area contributed by atoms with Crippen molar-refractivity contribution in [3.63, 3.8) is 0 Å². The number of carboxylic acid groups (broad SMARTS) is 3. The van der Waals surface area contributed by atoms with Gasteiger partial charge in [-0.3, -0.25) is 14.4 Å². The zero-order chi connectivity index (χ0) is 17.1. The lowest BCUT2D eigenvalue weighted by molar-refractivity contribution is -0.138. The maximum Gasteiger partial charge on any atom is 0.303 e. The van der Waals surface area contributed by atoms with E-state index in [2.05, 4.69) is 0 Å². The lowest BCUT2D eigenvalue weighted by Crippen LogP contribution is -1.95. The molecule has 0 unspecified atom stereocenters. The summed E-state index contributed by atoms with van der Waals surface area (Å²) in [5.41, 5.74) is 0. The molecule has 0 saturated heterocycles. The number of carbonyl (C=O) groups is 3. The maximum atomic E-state index is 9.65. The number of aliphatic hydroxyl groups excluding tert-OH is 3. The molecule has 0 bridgehead atoms. The summed E-state index contributed by atoms with van der Waals surface area (Å²) in [7, 11) is 0. The van der Waals surface area contributed by atoms with Crippen molar-refractivity contribution in [3.8, 4) is 0 Å². The molecule has 0 aliphatic heterocycles. The molecule has 0 fully saturated rings. The number of aliphatic carboxylic acids is 3. The van der Waals surface area contributed by atoms with Crippen molar-refractivity contribution in [1.82, 2.24) is 0 Å². The predicted octanol–water partition coefficient (Wildman–Crippen LogP) is -0.469. The van der Waals surface area contributed by atoms with Crippen LogP contribution in [0.2, 0.25) is 0 Å². The van der Waals surface area contributed by atoms with Crippen LogP contribution >= 0.6 is 0 Å². The highest BCUT2D eigenvalue weighted by molar-refractivity contribution is 5.67. The number of hydrogen-bond donors (Lipinski definition) is 6. The van der Waals surface area contributed by atoms with Crippen LogP contribution in [0.5, 0.6) is 0 Å². The van der Waals surface area contributed by atoms with Gasteiger partial charge in [-0.25, -0.2) is 0 Å². The van der Waals surface area contributed by atoms with Crippen LogP contribution in [-0.2, 0) is 14.4 Å². The topological polar surface area (TPSA) is 173 Å². The van der Waals surface area contributed by atoms with Gasteiger partial charge in [0, 0.05) is 39.1 Å². The lowest BCUT2D eigenvalue weighted by atomic mass is 10.3. The third-order valence-corrected chi connectivity index (χ3v) is 1.65. The Labute approximate surface area is 122 Å². The Morgan fingerprint density at radius 2 is 0.714 bits per heavy atom. The van der Waals surface area contributed by atoms with E-state index in [0.29, 0.717) is 19.3 Å². The van der Waals surface area contributed by atoms with Crippen LogP contribution < -0.4 is 0 Å². The van der Waals surface area contributed by atoms with Crippen molar-refractivity contribution in [2.24, 2.45) is 0 Å². The summed E-state index contributed by atoms with van der Waals surface area (Å²) in [6.45, 7) is -0.106. The Hall–Kier alpha value is -1.71. The lowest BCUT2D eigenvalue weighted by Gasteiger charge is -1.85. The van der Waals surface area contributed by atoms with Gasteiger partial charge >= 0.3 is 17.9 Å². The van der Waals surface area contributed by atoms with Crippen LogP contribution in [0.4, 0.5) is 0 Å². The van der Waals surface area contributed by atoms with Gasteiger partial charge in [0.1, 0.15) is 0 Å².